The van der Waals surface area contributed by atoms with E-state index in [9.17, 15) is 17.9 Å². The fourth-order valence-corrected chi connectivity index (χ4v) is 3.12. The predicted octanol–water partition coefficient (Wildman–Crippen LogP) is 3.16. The van der Waals surface area contributed by atoms with Crippen molar-refractivity contribution in [3.63, 3.8) is 0 Å². The van der Waals surface area contributed by atoms with Crippen molar-refractivity contribution in [3.8, 4) is 0 Å². The predicted molar refractivity (Wildman–Crippen MR) is 83.6 cm³/mol. The van der Waals surface area contributed by atoms with Crippen molar-refractivity contribution in [2.45, 2.75) is 31.3 Å². The molecule has 0 unspecified atom stereocenters. The molecular formula is C16H18FNO3S. The summed E-state index contributed by atoms with van der Waals surface area (Å²) in [5.41, 5.74) is 0.401. The number of halogens is 1. The number of aryl methyl sites for hydroxylation is 1. The van der Waals surface area contributed by atoms with Crippen LogP contribution in [0.1, 0.15) is 25.0 Å². The maximum absolute atomic E-state index is 13.1. The van der Waals surface area contributed by atoms with E-state index in [1.165, 1.54) is 30.3 Å². The summed E-state index contributed by atoms with van der Waals surface area (Å²) in [5, 5.41) is 9.88. The van der Waals surface area contributed by atoms with Crippen LogP contribution in [0.3, 0.4) is 0 Å². The molecule has 4 nitrogen and oxygen atoms in total. The van der Waals surface area contributed by atoms with Gasteiger partial charge in [0.2, 0.25) is 0 Å². The standard InChI is InChI=1S/C16H18FNO3S/c1-11-10-13(17)6-9-15(11)18-22(20,21)14-7-4-12(5-8-14)16(2,3)19/h4-10,18-19H,1-3H3. The van der Waals surface area contributed by atoms with Crippen molar-refractivity contribution in [3.05, 3.63) is 59.4 Å². The normalized spacial score (nSPS) is 12.2. The van der Waals surface area contributed by atoms with Gasteiger partial charge >= 0.3 is 0 Å². The van der Waals surface area contributed by atoms with Gasteiger partial charge in [-0.2, -0.15) is 0 Å². The molecule has 0 aliphatic heterocycles. The van der Waals surface area contributed by atoms with Gasteiger partial charge in [0.25, 0.3) is 10.0 Å². The molecule has 2 aromatic rings. The Balaban J connectivity index is 2.31. The Hall–Kier alpha value is -1.92. The molecule has 118 valence electrons. The molecule has 0 radical (unpaired) electrons. The van der Waals surface area contributed by atoms with Gasteiger partial charge in [0.05, 0.1) is 16.2 Å². The molecule has 0 saturated heterocycles. The van der Waals surface area contributed by atoms with Gasteiger partial charge in [-0.3, -0.25) is 4.72 Å². The molecule has 0 atom stereocenters. The minimum absolute atomic E-state index is 0.0734. The maximum Gasteiger partial charge on any atom is 0.261 e. The molecule has 0 spiro atoms. The summed E-state index contributed by atoms with van der Waals surface area (Å²) in [6, 6.07) is 9.81. The van der Waals surface area contributed by atoms with E-state index in [0.29, 0.717) is 16.8 Å². The molecule has 0 heterocycles. The smallest absolute Gasteiger partial charge is 0.261 e. The highest BCUT2D eigenvalue weighted by molar-refractivity contribution is 7.92. The largest absolute Gasteiger partial charge is 0.386 e. The highest BCUT2D eigenvalue weighted by atomic mass is 32.2. The Bertz CT molecular complexity index is 778. The quantitative estimate of drug-likeness (QED) is 0.908. The molecule has 2 rings (SSSR count). The first-order valence-corrected chi connectivity index (χ1v) is 8.20. The molecule has 2 aromatic carbocycles. The zero-order chi connectivity index (χ0) is 16.5. The van der Waals surface area contributed by atoms with Crippen LogP contribution in [0.4, 0.5) is 10.1 Å². The van der Waals surface area contributed by atoms with Crippen LogP contribution in [-0.2, 0) is 15.6 Å². The fourth-order valence-electron chi connectivity index (χ4n) is 1.99. The Kier molecular flexibility index (Phi) is 4.26. The lowest BCUT2D eigenvalue weighted by molar-refractivity contribution is 0.0785. The molecule has 2 N–H and O–H groups in total. The molecule has 0 saturated carbocycles. The zero-order valence-electron chi connectivity index (χ0n) is 12.6. The third kappa shape index (κ3) is 3.64. The van der Waals surface area contributed by atoms with Crippen LogP contribution in [0, 0.1) is 12.7 Å². The topological polar surface area (TPSA) is 66.4 Å². The summed E-state index contributed by atoms with van der Waals surface area (Å²) < 4.78 is 40.2. The second-order valence-electron chi connectivity index (χ2n) is 5.65. The summed E-state index contributed by atoms with van der Waals surface area (Å²) in [6.07, 6.45) is 0. The minimum Gasteiger partial charge on any atom is -0.386 e. The average molecular weight is 323 g/mol. The van der Waals surface area contributed by atoms with E-state index in [1.807, 2.05) is 0 Å². The maximum atomic E-state index is 13.1. The monoisotopic (exact) mass is 323 g/mol. The van der Waals surface area contributed by atoms with Gasteiger partial charge in [0, 0.05) is 0 Å². The minimum atomic E-state index is -3.77. The van der Waals surface area contributed by atoms with Gasteiger partial charge in [-0.15, -0.1) is 0 Å². The van der Waals surface area contributed by atoms with E-state index in [1.54, 1.807) is 32.9 Å². The zero-order valence-corrected chi connectivity index (χ0v) is 13.4. The van der Waals surface area contributed by atoms with Crippen LogP contribution in [0.25, 0.3) is 0 Å². The lowest BCUT2D eigenvalue weighted by Crippen LogP contribution is -2.17. The van der Waals surface area contributed by atoms with Crippen molar-refractivity contribution < 1.29 is 17.9 Å². The van der Waals surface area contributed by atoms with E-state index in [0.717, 1.165) is 0 Å². The van der Waals surface area contributed by atoms with E-state index >= 15 is 0 Å². The molecule has 6 heteroatoms. The SMILES string of the molecule is Cc1cc(F)ccc1NS(=O)(=O)c1ccc(C(C)(C)O)cc1. The Labute approximate surface area is 129 Å². The number of hydrogen-bond acceptors (Lipinski definition) is 3. The van der Waals surface area contributed by atoms with Crippen LogP contribution in [0.15, 0.2) is 47.4 Å². The van der Waals surface area contributed by atoms with Crippen LogP contribution in [0.2, 0.25) is 0 Å². The number of aliphatic hydroxyl groups is 1. The second-order valence-corrected chi connectivity index (χ2v) is 7.33. The lowest BCUT2D eigenvalue weighted by atomic mass is 9.99. The van der Waals surface area contributed by atoms with Gasteiger partial charge in [0.1, 0.15) is 5.82 Å². The Morgan fingerprint density at radius 2 is 1.68 bits per heavy atom. The summed E-state index contributed by atoms with van der Waals surface area (Å²) in [4.78, 5) is 0.0734. The fraction of sp³-hybridized carbons (Fsp3) is 0.250. The van der Waals surface area contributed by atoms with Crippen molar-refractivity contribution in [2.24, 2.45) is 0 Å². The first-order valence-electron chi connectivity index (χ1n) is 6.71. The van der Waals surface area contributed by atoms with Crippen molar-refractivity contribution in [1.29, 1.82) is 0 Å². The number of benzene rings is 2. The van der Waals surface area contributed by atoms with E-state index in [-0.39, 0.29) is 4.90 Å². The molecule has 0 amide bonds. The third-order valence-electron chi connectivity index (χ3n) is 3.30. The molecule has 0 aromatic heterocycles. The number of anilines is 1. The summed E-state index contributed by atoms with van der Waals surface area (Å²) >= 11 is 0. The average Bonchev–Trinajstić information content (AvgIpc) is 2.41. The number of sulfonamides is 1. The second kappa shape index (κ2) is 5.70. The van der Waals surface area contributed by atoms with Crippen LogP contribution < -0.4 is 4.72 Å². The van der Waals surface area contributed by atoms with Gasteiger partial charge in [-0.25, -0.2) is 12.8 Å². The number of rotatable bonds is 4. The molecular weight excluding hydrogens is 305 g/mol. The number of nitrogens with one attached hydrogen (secondary N) is 1. The van der Waals surface area contributed by atoms with Crippen molar-refractivity contribution >= 4 is 15.7 Å². The molecule has 0 aliphatic rings. The molecule has 0 fully saturated rings. The van der Waals surface area contributed by atoms with E-state index < -0.39 is 21.4 Å². The van der Waals surface area contributed by atoms with Gasteiger partial charge in [-0.05, 0) is 62.2 Å². The molecule has 0 aliphatic carbocycles. The van der Waals surface area contributed by atoms with Gasteiger partial charge < -0.3 is 5.11 Å². The Morgan fingerprint density at radius 1 is 1.09 bits per heavy atom. The number of hydrogen-bond donors (Lipinski definition) is 2. The van der Waals surface area contributed by atoms with Crippen molar-refractivity contribution in [2.75, 3.05) is 4.72 Å². The van der Waals surface area contributed by atoms with Gasteiger partial charge in [0.15, 0.2) is 0 Å². The summed E-state index contributed by atoms with van der Waals surface area (Å²) in [7, 11) is -3.77. The summed E-state index contributed by atoms with van der Waals surface area (Å²) in [6.45, 7) is 4.87. The molecule has 22 heavy (non-hydrogen) atoms. The molecule has 0 bridgehead atoms. The Morgan fingerprint density at radius 3 is 2.18 bits per heavy atom. The van der Waals surface area contributed by atoms with Crippen LogP contribution in [0.5, 0.6) is 0 Å². The lowest BCUT2D eigenvalue weighted by Gasteiger charge is -2.18. The van der Waals surface area contributed by atoms with Crippen LogP contribution in [-0.4, -0.2) is 13.5 Å². The van der Waals surface area contributed by atoms with Crippen molar-refractivity contribution in [1.82, 2.24) is 0 Å². The van der Waals surface area contributed by atoms with E-state index in [2.05, 4.69) is 4.72 Å². The highest BCUT2D eigenvalue weighted by Crippen LogP contribution is 2.24. The summed E-state index contributed by atoms with van der Waals surface area (Å²) in [5.74, 6) is -0.421. The first kappa shape index (κ1) is 16.5. The van der Waals surface area contributed by atoms with E-state index in [4.69, 9.17) is 0 Å². The third-order valence-corrected chi connectivity index (χ3v) is 4.69. The van der Waals surface area contributed by atoms with Gasteiger partial charge in [-0.1, -0.05) is 12.1 Å². The first-order chi connectivity index (χ1) is 10.1. The van der Waals surface area contributed by atoms with Crippen LogP contribution >= 0.6 is 0 Å². The highest BCUT2D eigenvalue weighted by Gasteiger charge is 2.19.